The Morgan fingerprint density at radius 1 is 1.07 bits per heavy atom. The molecule has 0 fully saturated rings. The fourth-order valence-corrected chi connectivity index (χ4v) is 3.65. The molecule has 1 aromatic carbocycles. The maximum absolute atomic E-state index is 12.6. The summed E-state index contributed by atoms with van der Waals surface area (Å²) in [5, 5.41) is 0.251. The fraction of sp³-hybridized carbons (Fsp3) is 0.455. The number of rotatable bonds is 3. The minimum absolute atomic E-state index is 0.251. The number of hydrogen-bond acceptors (Lipinski definition) is 0. The van der Waals surface area contributed by atoms with Gasteiger partial charge in [-0.25, -0.2) is 0 Å². The Morgan fingerprint density at radius 3 is 2.07 bits per heavy atom. The Labute approximate surface area is 94.3 Å². The van der Waals surface area contributed by atoms with Crippen molar-refractivity contribution in [2.24, 2.45) is 5.41 Å². The first-order valence-electron chi connectivity index (χ1n) is 4.68. The van der Waals surface area contributed by atoms with Crippen molar-refractivity contribution >= 4 is 19.8 Å². The van der Waals surface area contributed by atoms with E-state index < -0.39 is 27.0 Å². The Morgan fingerprint density at radius 2 is 1.60 bits per heavy atom. The summed E-state index contributed by atoms with van der Waals surface area (Å²) in [6.07, 6.45) is -4.09. The van der Waals surface area contributed by atoms with Gasteiger partial charge in [0.25, 0.3) is 0 Å². The third-order valence-electron chi connectivity index (χ3n) is 2.28. The molecule has 0 aliphatic heterocycles. The molecule has 0 N–H and O–H groups in total. The zero-order valence-electron chi connectivity index (χ0n) is 8.73. The van der Waals surface area contributed by atoms with Crippen molar-refractivity contribution < 1.29 is 13.2 Å². The van der Waals surface area contributed by atoms with Crippen LogP contribution in [0.15, 0.2) is 30.3 Å². The number of halogens is 3. The van der Waals surface area contributed by atoms with Crippen molar-refractivity contribution in [2.75, 3.05) is 0 Å². The summed E-state index contributed by atoms with van der Waals surface area (Å²) in [7, 11) is 0. The van der Waals surface area contributed by atoms with Gasteiger partial charge in [-0.15, -0.1) is 0 Å². The molecule has 0 saturated heterocycles. The summed E-state index contributed by atoms with van der Waals surface area (Å²) in [4.78, 5) is 0. The molecule has 1 rings (SSSR count). The van der Waals surface area contributed by atoms with Crippen molar-refractivity contribution in [3.63, 3.8) is 0 Å². The van der Waals surface area contributed by atoms with Crippen LogP contribution in [-0.2, 0) is 0 Å². The first kappa shape index (κ1) is 12.6. The van der Waals surface area contributed by atoms with E-state index in [0.29, 0.717) is 0 Å². The Bertz CT molecular complexity index is 303. The average Bonchev–Trinajstić information content (AvgIpc) is 2.15. The van der Waals surface area contributed by atoms with E-state index in [9.17, 15) is 13.2 Å². The molecule has 0 spiro atoms. The molecule has 0 aromatic heterocycles. The summed E-state index contributed by atoms with van der Waals surface area (Å²) in [6.45, 7) is 2.55. The normalized spacial score (nSPS) is 12.9. The molecule has 0 saturated carbocycles. The Hall–Kier alpha value is -0.447. The van der Waals surface area contributed by atoms with E-state index >= 15 is 0 Å². The molecule has 0 unspecified atom stereocenters. The quantitative estimate of drug-likeness (QED) is 0.744. The van der Waals surface area contributed by atoms with Crippen LogP contribution < -0.4 is 4.40 Å². The number of benzene rings is 1. The first-order chi connectivity index (χ1) is 6.83. The Kier molecular flexibility index (Phi) is 3.87. The van der Waals surface area contributed by atoms with Crippen LogP contribution in [0.3, 0.4) is 0 Å². The molecule has 82 valence electrons. The molecule has 0 nitrogen and oxygen atoms in total. The summed E-state index contributed by atoms with van der Waals surface area (Å²) in [5.74, 6) is 0. The van der Waals surface area contributed by atoms with E-state index in [-0.39, 0.29) is 5.25 Å². The van der Waals surface area contributed by atoms with Gasteiger partial charge < -0.3 is 0 Å². The van der Waals surface area contributed by atoms with Crippen LogP contribution in [0, 0.1) is 5.41 Å². The zero-order valence-corrected chi connectivity index (χ0v) is 10.8. The predicted molar refractivity (Wildman–Crippen MR) is 56.5 cm³/mol. The molecule has 0 amide bonds. The standard InChI is InChI=1S/C11H13F3Ge/c1-10(2,11(12,13)14)8-15-9-6-4-3-5-7-9/h3-7H,8H2,1-2H3. The van der Waals surface area contributed by atoms with Crippen LogP contribution in [0.25, 0.3) is 0 Å². The first-order valence-corrected chi connectivity index (χ1v) is 7.22. The molecule has 0 atom stereocenters. The van der Waals surface area contributed by atoms with Gasteiger partial charge in [-0.3, -0.25) is 0 Å². The molecule has 4 heteroatoms. The van der Waals surface area contributed by atoms with Gasteiger partial charge in [0.05, 0.1) is 0 Å². The number of hydrogen-bond donors (Lipinski definition) is 0. The van der Waals surface area contributed by atoms with Crippen molar-refractivity contribution in [1.29, 1.82) is 0 Å². The van der Waals surface area contributed by atoms with E-state index in [2.05, 4.69) is 0 Å². The van der Waals surface area contributed by atoms with Crippen LogP contribution in [0.2, 0.25) is 5.25 Å². The SMILES string of the molecule is CC(C)([CH2][Ge][c]1ccccc1)C(F)(F)F. The summed E-state index contributed by atoms with van der Waals surface area (Å²) in [5.41, 5.74) is -1.55. The van der Waals surface area contributed by atoms with Crippen molar-refractivity contribution in [2.45, 2.75) is 25.3 Å². The van der Waals surface area contributed by atoms with Crippen LogP contribution in [-0.4, -0.2) is 21.6 Å². The van der Waals surface area contributed by atoms with Gasteiger partial charge in [-0.1, -0.05) is 0 Å². The molecule has 0 aliphatic carbocycles. The summed E-state index contributed by atoms with van der Waals surface area (Å²) < 4.78 is 38.7. The van der Waals surface area contributed by atoms with Gasteiger partial charge in [0.15, 0.2) is 0 Å². The second kappa shape index (κ2) is 4.60. The zero-order chi connectivity index (χ0) is 11.5. The van der Waals surface area contributed by atoms with E-state index in [1.165, 1.54) is 13.8 Å². The van der Waals surface area contributed by atoms with E-state index in [1.54, 1.807) is 0 Å². The van der Waals surface area contributed by atoms with E-state index in [4.69, 9.17) is 0 Å². The van der Waals surface area contributed by atoms with Crippen LogP contribution in [0.5, 0.6) is 0 Å². The molecule has 15 heavy (non-hydrogen) atoms. The molecule has 0 bridgehead atoms. The molecule has 2 radical (unpaired) electrons. The van der Waals surface area contributed by atoms with Crippen LogP contribution in [0.4, 0.5) is 13.2 Å². The van der Waals surface area contributed by atoms with Gasteiger partial charge in [0, 0.05) is 0 Å². The summed E-state index contributed by atoms with van der Waals surface area (Å²) >= 11 is -0.687. The molecule has 0 aliphatic rings. The summed E-state index contributed by atoms with van der Waals surface area (Å²) in [6, 6.07) is 9.45. The molecular weight excluding hydrogens is 262 g/mol. The minimum atomic E-state index is -4.09. The fourth-order valence-electron chi connectivity index (χ4n) is 0.979. The van der Waals surface area contributed by atoms with Gasteiger partial charge in [-0.2, -0.15) is 0 Å². The van der Waals surface area contributed by atoms with Gasteiger partial charge in [-0.05, 0) is 0 Å². The second-order valence-electron chi connectivity index (χ2n) is 4.10. The Balaban J connectivity index is 2.58. The topological polar surface area (TPSA) is 0 Å². The van der Waals surface area contributed by atoms with Crippen molar-refractivity contribution in [1.82, 2.24) is 0 Å². The monoisotopic (exact) mass is 276 g/mol. The second-order valence-corrected chi connectivity index (χ2v) is 6.80. The van der Waals surface area contributed by atoms with Gasteiger partial charge in [0.2, 0.25) is 0 Å². The molecule has 0 heterocycles. The van der Waals surface area contributed by atoms with E-state index in [0.717, 1.165) is 4.40 Å². The van der Waals surface area contributed by atoms with Crippen molar-refractivity contribution in [3.8, 4) is 0 Å². The van der Waals surface area contributed by atoms with Crippen molar-refractivity contribution in [3.05, 3.63) is 30.3 Å². The number of alkyl halides is 3. The predicted octanol–water partition coefficient (Wildman–Crippen LogP) is 3.02. The maximum atomic E-state index is 12.6. The van der Waals surface area contributed by atoms with Gasteiger partial charge >= 0.3 is 94.0 Å². The van der Waals surface area contributed by atoms with E-state index in [1.807, 2.05) is 30.3 Å². The third kappa shape index (κ3) is 3.56. The van der Waals surface area contributed by atoms with Crippen LogP contribution >= 0.6 is 0 Å². The average molecular weight is 275 g/mol. The molecule has 1 aromatic rings. The third-order valence-corrected chi connectivity index (χ3v) is 6.06. The molecular formula is C11H13F3Ge. The van der Waals surface area contributed by atoms with Crippen LogP contribution in [0.1, 0.15) is 13.8 Å². The van der Waals surface area contributed by atoms with Gasteiger partial charge in [0.1, 0.15) is 0 Å².